The molecule has 1 aromatic rings. The summed E-state index contributed by atoms with van der Waals surface area (Å²) < 4.78 is 11.1. The van der Waals surface area contributed by atoms with Crippen LogP contribution in [-0.4, -0.2) is 44.7 Å². The van der Waals surface area contributed by atoms with Gasteiger partial charge in [0.2, 0.25) is 0 Å². The van der Waals surface area contributed by atoms with Crippen molar-refractivity contribution in [2.45, 2.75) is 42.5 Å². The first-order valence-corrected chi connectivity index (χ1v) is 8.25. The van der Waals surface area contributed by atoms with Crippen LogP contribution in [0, 0.1) is 0 Å². The van der Waals surface area contributed by atoms with Crippen molar-refractivity contribution >= 4 is 11.6 Å². The molecule has 0 aromatic heterocycles. The number of quaternary nitrogens is 1. The van der Waals surface area contributed by atoms with Gasteiger partial charge in [-0.1, -0.05) is 6.42 Å². The van der Waals surface area contributed by atoms with Crippen molar-refractivity contribution in [2.75, 3.05) is 27.8 Å². The molecule has 1 aliphatic carbocycles. The molecule has 2 aliphatic rings. The van der Waals surface area contributed by atoms with Crippen molar-refractivity contribution in [3.05, 3.63) is 23.8 Å². The number of alkyl halides is 1. The lowest BCUT2D eigenvalue weighted by atomic mass is 9.65. The minimum atomic E-state index is 0. The molecule has 0 amide bonds. The van der Waals surface area contributed by atoms with Crippen LogP contribution in [0.4, 0.5) is 0 Å². The van der Waals surface area contributed by atoms with Gasteiger partial charge in [-0.2, -0.15) is 0 Å². The second-order valence-electron chi connectivity index (χ2n) is 6.45. The molecule has 2 fully saturated rings. The van der Waals surface area contributed by atoms with E-state index in [0.29, 0.717) is 6.04 Å². The minimum Gasteiger partial charge on any atom is -1.00 e. The van der Waals surface area contributed by atoms with Crippen molar-refractivity contribution in [2.24, 2.45) is 0 Å². The van der Waals surface area contributed by atoms with E-state index in [2.05, 4.69) is 13.1 Å². The third-order valence-electron chi connectivity index (χ3n) is 5.50. The van der Waals surface area contributed by atoms with Gasteiger partial charge in [0.05, 0.1) is 38.6 Å². The zero-order valence-corrected chi connectivity index (χ0v) is 15.5. The van der Waals surface area contributed by atoms with Gasteiger partial charge in [0.1, 0.15) is 17.5 Å². The fourth-order valence-corrected chi connectivity index (χ4v) is 5.17. The molecule has 0 spiro atoms. The summed E-state index contributed by atoms with van der Waals surface area (Å²) in [6.07, 6.45) is 4.69. The van der Waals surface area contributed by atoms with Crippen molar-refractivity contribution in [3.63, 3.8) is 0 Å². The molecule has 3 rings (SSSR count). The van der Waals surface area contributed by atoms with Crippen LogP contribution in [0.15, 0.2) is 18.2 Å². The Bertz CT molecular complexity index is 525. The zero-order valence-electron chi connectivity index (χ0n) is 14.0. The van der Waals surface area contributed by atoms with Gasteiger partial charge in [-0.3, -0.25) is 0 Å². The molecular formula is C17H27Cl2NO3. The van der Waals surface area contributed by atoms with E-state index in [1.54, 1.807) is 19.1 Å². The number of hydrogen-bond acceptors (Lipinski definition) is 2. The smallest absolute Gasteiger partial charge is 0.123 e. The number of ether oxygens (including phenoxy) is 2. The molecular weight excluding hydrogens is 337 g/mol. The number of fused-ring (bicyclic) bond motifs is 1. The fraction of sp³-hybridized carbons (Fsp3) is 0.647. The second-order valence-corrected chi connectivity index (χ2v) is 7.02. The van der Waals surface area contributed by atoms with Crippen LogP contribution in [-0.2, 0) is 5.41 Å². The number of halogens is 2. The summed E-state index contributed by atoms with van der Waals surface area (Å²) in [7, 11) is 5.75. The molecule has 132 valence electrons. The van der Waals surface area contributed by atoms with Crippen LogP contribution >= 0.6 is 11.6 Å². The molecule has 0 radical (unpaired) electrons. The monoisotopic (exact) mass is 363 g/mol. The van der Waals surface area contributed by atoms with Gasteiger partial charge in [-0.25, -0.2) is 0 Å². The Kier molecular flexibility index (Phi) is 7.02. The summed E-state index contributed by atoms with van der Waals surface area (Å²) in [5, 5.41) is 0.247. The lowest BCUT2D eigenvalue weighted by Crippen LogP contribution is -3.13. The first-order chi connectivity index (χ1) is 10.1. The predicted molar refractivity (Wildman–Crippen MR) is 88.5 cm³/mol. The Morgan fingerprint density at radius 2 is 1.96 bits per heavy atom. The quantitative estimate of drug-likeness (QED) is 0.644. The summed E-state index contributed by atoms with van der Waals surface area (Å²) in [5.74, 6) is 1.88. The van der Waals surface area contributed by atoms with Crippen LogP contribution in [0.5, 0.6) is 11.5 Å². The van der Waals surface area contributed by atoms with Crippen LogP contribution in [0.3, 0.4) is 0 Å². The third kappa shape index (κ3) is 3.27. The first-order valence-electron chi connectivity index (χ1n) is 7.81. The van der Waals surface area contributed by atoms with Gasteiger partial charge < -0.3 is 32.3 Å². The second kappa shape index (κ2) is 7.93. The van der Waals surface area contributed by atoms with Gasteiger partial charge in [0.15, 0.2) is 0 Å². The summed E-state index contributed by atoms with van der Waals surface area (Å²) in [5.41, 5.74) is 1.42. The molecule has 1 saturated carbocycles. The molecule has 3 N–H and O–H groups in total. The van der Waals surface area contributed by atoms with Crippen molar-refractivity contribution in [3.8, 4) is 11.5 Å². The lowest BCUT2D eigenvalue weighted by molar-refractivity contribution is -0.895. The summed E-state index contributed by atoms with van der Waals surface area (Å²) in [6, 6.07) is 6.64. The van der Waals surface area contributed by atoms with E-state index in [4.69, 9.17) is 21.1 Å². The normalized spacial score (nSPS) is 32.3. The summed E-state index contributed by atoms with van der Waals surface area (Å²) >= 11 is 6.73. The highest BCUT2D eigenvalue weighted by molar-refractivity contribution is 6.21. The largest absolute Gasteiger partial charge is 1.00 e. The Balaban J connectivity index is 0.00000132. The molecule has 0 bridgehead atoms. The van der Waals surface area contributed by atoms with Crippen LogP contribution in [0.1, 0.15) is 31.2 Å². The van der Waals surface area contributed by atoms with Crippen molar-refractivity contribution in [1.82, 2.24) is 0 Å². The van der Waals surface area contributed by atoms with E-state index >= 15 is 0 Å². The van der Waals surface area contributed by atoms with Gasteiger partial charge in [0.25, 0.3) is 0 Å². The Morgan fingerprint density at radius 1 is 1.22 bits per heavy atom. The van der Waals surface area contributed by atoms with Gasteiger partial charge in [-0.15, -0.1) is 11.6 Å². The topological polar surface area (TPSA) is 54.4 Å². The fourth-order valence-electron chi connectivity index (χ4n) is 4.56. The number of hydrogen-bond donors (Lipinski definition) is 1. The maximum absolute atomic E-state index is 6.73. The number of rotatable bonds is 3. The van der Waals surface area contributed by atoms with E-state index in [-0.39, 0.29) is 28.7 Å². The molecule has 1 aliphatic heterocycles. The maximum Gasteiger partial charge on any atom is 0.123 e. The van der Waals surface area contributed by atoms with E-state index in [1.807, 2.05) is 12.1 Å². The molecule has 6 heteroatoms. The number of likely N-dealkylation sites (tertiary alicyclic amines) is 1. The number of benzene rings is 1. The molecule has 4 nitrogen and oxygen atoms in total. The minimum absolute atomic E-state index is 0. The number of nitrogens with one attached hydrogen (secondary N) is 1. The molecule has 4 atom stereocenters. The van der Waals surface area contributed by atoms with Crippen LogP contribution in [0.2, 0.25) is 0 Å². The predicted octanol–water partition coefficient (Wildman–Crippen LogP) is -1.80. The average molecular weight is 364 g/mol. The molecule has 23 heavy (non-hydrogen) atoms. The zero-order chi connectivity index (χ0) is 15.0. The van der Waals surface area contributed by atoms with Gasteiger partial charge >= 0.3 is 0 Å². The van der Waals surface area contributed by atoms with E-state index in [1.165, 1.54) is 31.4 Å². The average Bonchev–Trinajstić information content (AvgIpc) is 2.86. The van der Waals surface area contributed by atoms with E-state index in [9.17, 15) is 0 Å². The van der Waals surface area contributed by atoms with E-state index in [0.717, 1.165) is 17.9 Å². The molecule has 1 aromatic carbocycles. The Hall–Kier alpha value is -0.680. The SMILES string of the molecule is COc1ccc(OC)c([C@@]23CCC[C@@H](Cl)[C@@H]2[NH+](C)CC3)c1.O.[Cl-]. The first kappa shape index (κ1) is 20.4. The Labute approximate surface area is 149 Å². The highest BCUT2D eigenvalue weighted by atomic mass is 35.5. The molecule has 1 unspecified atom stereocenters. The molecule has 1 saturated heterocycles. The van der Waals surface area contributed by atoms with Gasteiger partial charge in [-0.05, 0) is 31.0 Å². The number of methoxy groups -OCH3 is 2. The summed E-state index contributed by atoms with van der Waals surface area (Å²) in [4.78, 5) is 1.56. The van der Waals surface area contributed by atoms with Crippen molar-refractivity contribution in [1.29, 1.82) is 0 Å². The van der Waals surface area contributed by atoms with Crippen LogP contribution in [0.25, 0.3) is 0 Å². The van der Waals surface area contributed by atoms with Crippen LogP contribution < -0.4 is 26.8 Å². The highest BCUT2D eigenvalue weighted by Gasteiger charge is 2.56. The standard InChI is InChI=1S/C17H24ClNO2.ClH.H2O/c1-19-10-9-17(8-4-5-14(18)16(17)19)13-11-12(20-2)6-7-15(13)21-3;;/h6-7,11,14,16H,4-5,8-10H2,1-3H3;1H;1H2/t14-,16+,17+;;/m1../s1. The van der Waals surface area contributed by atoms with E-state index < -0.39 is 0 Å². The maximum atomic E-state index is 6.73. The third-order valence-corrected chi connectivity index (χ3v) is 5.97. The summed E-state index contributed by atoms with van der Waals surface area (Å²) in [6.45, 7) is 1.17. The van der Waals surface area contributed by atoms with Crippen molar-refractivity contribution < 1.29 is 32.3 Å². The lowest BCUT2D eigenvalue weighted by Gasteiger charge is -2.41. The molecule has 1 heterocycles. The highest BCUT2D eigenvalue weighted by Crippen LogP contribution is 2.48. The van der Waals surface area contributed by atoms with Gasteiger partial charge in [0, 0.05) is 12.0 Å². The number of likely N-dealkylation sites (N-methyl/N-ethyl adjacent to an activating group) is 1. The Morgan fingerprint density at radius 3 is 2.61 bits per heavy atom.